The number of primary amides is 1. The van der Waals surface area contributed by atoms with Crippen LogP contribution in [0, 0.1) is 0 Å². The van der Waals surface area contributed by atoms with E-state index >= 15 is 0 Å². The first-order chi connectivity index (χ1) is 11.1. The third-order valence-electron chi connectivity index (χ3n) is 3.30. The number of rotatable bonds is 6. The molecule has 0 spiro atoms. The summed E-state index contributed by atoms with van der Waals surface area (Å²) in [7, 11) is 0. The first kappa shape index (κ1) is 16.3. The molecule has 0 saturated carbocycles. The van der Waals surface area contributed by atoms with E-state index in [-0.39, 0.29) is 11.2 Å². The molecular formula is C16H15N3OS3. The molecule has 2 aromatic carbocycles. The molecule has 1 aromatic heterocycles. The summed E-state index contributed by atoms with van der Waals surface area (Å²) < 4.78 is 1.67. The van der Waals surface area contributed by atoms with Crippen molar-refractivity contribution < 1.29 is 4.79 Å². The summed E-state index contributed by atoms with van der Waals surface area (Å²) in [5.41, 5.74) is 6.55. The maximum atomic E-state index is 11.1. The summed E-state index contributed by atoms with van der Waals surface area (Å²) in [4.78, 5) is 11.1. The van der Waals surface area contributed by atoms with Gasteiger partial charge in [0.15, 0.2) is 8.68 Å². The van der Waals surface area contributed by atoms with Crippen LogP contribution in [-0.4, -0.2) is 21.4 Å². The Kier molecular flexibility index (Phi) is 5.20. The number of carbonyl (C=O) groups is 1. The molecule has 0 aliphatic heterocycles. The fraction of sp³-hybridized carbons (Fsp3) is 0.188. The number of thioether (sulfide) groups is 2. The van der Waals surface area contributed by atoms with E-state index in [1.54, 1.807) is 18.7 Å². The van der Waals surface area contributed by atoms with Gasteiger partial charge in [0.05, 0.1) is 5.25 Å². The van der Waals surface area contributed by atoms with Gasteiger partial charge >= 0.3 is 0 Å². The van der Waals surface area contributed by atoms with Gasteiger partial charge in [-0.1, -0.05) is 77.3 Å². The van der Waals surface area contributed by atoms with Gasteiger partial charge in [0, 0.05) is 5.75 Å². The summed E-state index contributed by atoms with van der Waals surface area (Å²) in [6.45, 7) is 1.78. The molecule has 3 aromatic rings. The monoisotopic (exact) mass is 361 g/mol. The summed E-state index contributed by atoms with van der Waals surface area (Å²) in [5.74, 6) is 0.501. The molecule has 7 heteroatoms. The van der Waals surface area contributed by atoms with Gasteiger partial charge in [-0.2, -0.15) is 0 Å². The maximum Gasteiger partial charge on any atom is 0.230 e. The van der Waals surface area contributed by atoms with Crippen molar-refractivity contribution in [2.24, 2.45) is 5.73 Å². The first-order valence-electron chi connectivity index (χ1n) is 7.02. The van der Waals surface area contributed by atoms with Crippen molar-refractivity contribution in [3.05, 3.63) is 48.0 Å². The van der Waals surface area contributed by atoms with Crippen molar-refractivity contribution in [3.63, 3.8) is 0 Å². The van der Waals surface area contributed by atoms with Gasteiger partial charge in [0.1, 0.15) is 0 Å². The molecule has 0 unspecified atom stereocenters. The lowest BCUT2D eigenvalue weighted by Gasteiger charge is -2.04. The van der Waals surface area contributed by atoms with Crippen LogP contribution in [0.25, 0.3) is 10.8 Å². The second kappa shape index (κ2) is 7.33. The summed E-state index contributed by atoms with van der Waals surface area (Å²) in [6, 6.07) is 14.7. The second-order valence-electron chi connectivity index (χ2n) is 4.92. The molecule has 0 aliphatic rings. The van der Waals surface area contributed by atoms with Crippen LogP contribution in [0.4, 0.5) is 0 Å². The second-order valence-corrected chi connectivity index (χ2v) is 8.71. The fourth-order valence-electron chi connectivity index (χ4n) is 2.07. The van der Waals surface area contributed by atoms with Crippen LogP contribution in [0.2, 0.25) is 0 Å². The topological polar surface area (TPSA) is 68.9 Å². The molecule has 2 N–H and O–H groups in total. The number of amides is 1. The van der Waals surface area contributed by atoms with E-state index in [2.05, 4.69) is 46.6 Å². The van der Waals surface area contributed by atoms with E-state index in [1.807, 2.05) is 6.07 Å². The Morgan fingerprint density at radius 1 is 1.17 bits per heavy atom. The molecular weight excluding hydrogens is 346 g/mol. The number of benzene rings is 2. The van der Waals surface area contributed by atoms with E-state index in [1.165, 1.54) is 39.4 Å². The zero-order valence-corrected chi connectivity index (χ0v) is 14.9. The van der Waals surface area contributed by atoms with E-state index in [0.29, 0.717) is 0 Å². The number of aromatic nitrogens is 2. The molecule has 23 heavy (non-hydrogen) atoms. The van der Waals surface area contributed by atoms with Crippen molar-refractivity contribution in [2.75, 3.05) is 0 Å². The number of fused-ring (bicyclic) bond motifs is 1. The lowest BCUT2D eigenvalue weighted by molar-refractivity contribution is -0.117. The van der Waals surface area contributed by atoms with Crippen LogP contribution >= 0.6 is 34.9 Å². The number of nitrogens with two attached hydrogens (primary N) is 1. The zero-order valence-electron chi connectivity index (χ0n) is 12.4. The largest absolute Gasteiger partial charge is 0.369 e. The Bertz CT molecular complexity index is 829. The molecule has 0 radical (unpaired) electrons. The third-order valence-corrected chi connectivity index (χ3v) is 6.61. The van der Waals surface area contributed by atoms with E-state index in [9.17, 15) is 4.79 Å². The Balaban J connectivity index is 1.68. The highest BCUT2D eigenvalue weighted by molar-refractivity contribution is 8.03. The standard InChI is InChI=1S/C16H15N3OS3/c1-10(14(17)20)22-16-19-18-15(23-16)21-9-12-7-4-6-11-5-2-3-8-13(11)12/h2-8,10H,9H2,1H3,(H2,17,20)/t10-/m0/s1. The maximum absolute atomic E-state index is 11.1. The quantitative estimate of drug-likeness (QED) is 0.673. The Morgan fingerprint density at radius 3 is 2.74 bits per heavy atom. The third kappa shape index (κ3) is 4.04. The minimum Gasteiger partial charge on any atom is -0.369 e. The van der Waals surface area contributed by atoms with Crippen molar-refractivity contribution >= 4 is 51.5 Å². The molecule has 1 heterocycles. The highest BCUT2D eigenvalue weighted by Crippen LogP contribution is 2.33. The predicted octanol–water partition coefficient (Wildman–Crippen LogP) is 3.95. The molecule has 0 fully saturated rings. The predicted molar refractivity (Wildman–Crippen MR) is 97.9 cm³/mol. The first-order valence-corrected chi connectivity index (χ1v) is 9.70. The van der Waals surface area contributed by atoms with Gasteiger partial charge in [-0.05, 0) is 23.3 Å². The summed E-state index contributed by atoms with van der Waals surface area (Å²) in [6.07, 6.45) is 0. The van der Waals surface area contributed by atoms with Crippen molar-refractivity contribution in [1.82, 2.24) is 10.2 Å². The number of nitrogens with zero attached hydrogens (tertiary/aromatic N) is 2. The SMILES string of the molecule is C[C@H](Sc1nnc(SCc2cccc3ccccc23)s1)C(N)=O. The van der Waals surface area contributed by atoms with E-state index in [0.717, 1.165) is 14.4 Å². The van der Waals surface area contributed by atoms with Crippen LogP contribution < -0.4 is 5.73 Å². The average Bonchev–Trinajstić information content (AvgIpc) is 3.00. The van der Waals surface area contributed by atoms with Gasteiger partial charge in [-0.15, -0.1) is 10.2 Å². The van der Waals surface area contributed by atoms with Crippen molar-refractivity contribution in [2.45, 2.75) is 26.6 Å². The van der Waals surface area contributed by atoms with Gasteiger partial charge in [-0.25, -0.2) is 0 Å². The molecule has 0 saturated heterocycles. The van der Waals surface area contributed by atoms with Crippen LogP contribution in [0.5, 0.6) is 0 Å². The van der Waals surface area contributed by atoms with Gasteiger partial charge in [0.25, 0.3) is 0 Å². The molecule has 0 aliphatic carbocycles. The van der Waals surface area contributed by atoms with Gasteiger partial charge < -0.3 is 5.73 Å². The smallest absolute Gasteiger partial charge is 0.230 e. The molecule has 118 valence electrons. The number of carbonyl (C=O) groups excluding carboxylic acids is 1. The molecule has 4 nitrogen and oxygen atoms in total. The lowest BCUT2D eigenvalue weighted by Crippen LogP contribution is -2.22. The normalized spacial score (nSPS) is 12.4. The van der Waals surface area contributed by atoms with E-state index in [4.69, 9.17) is 5.73 Å². The van der Waals surface area contributed by atoms with Gasteiger partial charge in [-0.3, -0.25) is 4.79 Å². The van der Waals surface area contributed by atoms with Crippen molar-refractivity contribution in [1.29, 1.82) is 0 Å². The minimum atomic E-state index is -0.338. The summed E-state index contributed by atoms with van der Waals surface area (Å²) in [5, 5.41) is 10.5. The Hall–Kier alpha value is -1.57. The highest BCUT2D eigenvalue weighted by atomic mass is 32.2. The molecule has 3 rings (SSSR count). The molecule has 1 amide bonds. The lowest BCUT2D eigenvalue weighted by atomic mass is 10.1. The Morgan fingerprint density at radius 2 is 1.91 bits per heavy atom. The number of hydrogen-bond donors (Lipinski definition) is 1. The molecule has 0 bridgehead atoms. The zero-order chi connectivity index (χ0) is 16.2. The average molecular weight is 362 g/mol. The fourth-order valence-corrected chi connectivity index (χ4v) is 5.19. The van der Waals surface area contributed by atoms with E-state index < -0.39 is 0 Å². The number of hydrogen-bond acceptors (Lipinski definition) is 6. The Labute approximate surface area is 146 Å². The van der Waals surface area contributed by atoms with Crippen LogP contribution in [0.1, 0.15) is 12.5 Å². The van der Waals surface area contributed by atoms with Gasteiger partial charge in [0.2, 0.25) is 5.91 Å². The molecule has 1 atom stereocenters. The van der Waals surface area contributed by atoms with Crippen LogP contribution in [0.3, 0.4) is 0 Å². The highest BCUT2D eigenvalue weighted by Gasteiger charge is 2.14. The van der Waals surface area contributed by atoms with Crippen LogP contribution in [-0.2, 0) is 10.5 Å². The van der Waals surface area contributed by atoms with Crippen molar-refractivity contribution in [3.8, 4) is 0 Å². The van der Waals surface area contributed by atoms with Crippen LogP contribution in [0.15, 0.2) is 51.1 Å². The summed E-state index contributed by atoms with van der Waals surface area (Å²) >= 11 is 4.51. The minimum absolute atomic E-state index is 0.293.